The summed E-state index contributed by atoms with van der Waals surface area (Å²) in [5, 5.41) is 11.8. The number of fused-ring (bicyclic) bond motifs is 1. The first-order chi connectivity index (χ1) is 38.7. The SMILES string of the molecule is O=C(OC(c1ccccc1)c1ccccc1)C1=C(CCl)CS(=O)[C@@H]2C(NC(=O)/C(=N\OC3(C(=O)OC(c4ccccc4)c4ccccc4)CCC3)c3csc(NC(c4ccccc4)(c4ccccc4)c4ccccc4)n3)C(=O)N12. The number of hydrogen-bond acceptors (Lipinski definition) is 12. The Bertz CT molecular complexity index is 3380. The molecular weight excluding hydrogens is 1050 g/mol. The third-order valence-electron chi connectivity index (χ3n) is 14.4. The van der Waals surface area contributed by atoms with Crippen LogP contribution >= 0.6 is 22.9 Å². The third-order valence-corrected chi connectivity index (χ3v) is 17.2. The van der Waals surface area contributed by atoms with E-state index in [0.717, 1.165) is 32.7 Å². The molecule has 7 aromatic carbocycles. The summed E-state index contributed by atoms with van der Waals surface area (Å²) < 4.78 is 26.7. The lowest BCUT2D eigenvalue weighted by atomic mass is 9.77. The van der Waals surface area contributed by atoms with Gasteiger partial charge in [-0.3, -0.25) is 18.7 Å². The van der Waals surface area contributed by atoms with Gasteiger partial charge in [0, 0.05) is 24.1 Å². The largest absolute Gasteiger partial charge is 0.450 e. The Balaban J connectivity index is 0.930. The molecule has 79 heavy (non-hydrogen) atoms. The Morgan fingerprint density at radius 2 is 1.13 bits per heavy atom. The molecule has 0 bridgehead atoms. The number of nitrogens with zero attached hydrogens (tertiary/aromatic N) is 3. The Hall–Kier alpha value is -8.50. The minimum Gasteiger partial charge on any atom is -0.450 e. The second-order valence-electron chi connectivity index (χ2n) is 19.3. The number of amides is 2. The van der Waals surface area contributed by atoms with Crippen LogP contribution in [-0.2, 0) is 49.8 Å². The summed E-state index contributed by atoms with van der Waals surface area (Å²) in [6, 6.07) is 65.5. The summed E-state index contributed by atoms with van der Waals surface area (Å²) in [5.41, 5.74) is 2.84. The summed E-state index contributed by atoms with van der Waals surface area (Å²) >= 11 is 7.65. The van der Waals surface area contributed by atoms with E-state index >= 15 is 4.79 Å². The number of halogens is 1. The number of thiazole rings is 1. The maximum Gasteiger partial charge on any atom is 0.356 e. The first kappa shape index (κ1) is 52.5. The van der Waals surface area contributed by atoms with Crippen molar-refractivity contribution in [2.24, 2.45) is 5.16 Å². The van der Waals surface area contributed by atoms with Crippen molar-refractivity contribution in [1.29, 1.82) is 0 Å². The quantitative estimate of drug-likeness (QED) is 0.0199. The molecule has 2 N–H and O–H groups in total. The van der Waals surface area contributed by atoms with E-state index in [1.54, 1.807) is 5.38 Å². The number of aromatic nitrogens is 1. The molecule has 3 heterocycles. The second-order valence-corrected chi connectivity index (χ2v) is 21.9. The molecule has 16 heteroatoms. The number of carbonyl (C=O) groups is 4. The van der Waals surface area contributed by atoms with Crippen LogP contribution in [-0.4, -0.2) is 72.2 Å². The van der Waals surface area contributed by atoms with Gasteiger partial charge in [-0.1, -0.05) is 217 Å². The summed E-state index contributed by atoms with van der Waals surface area (Å²) in [7, 11) is -1.84. The molecular formula is C63H52ClN5O8S2. The molecule has 2 unspecified atom stereocenters. The van der Waals surface area contributed by atoms with Crippen LogP contribution in [0.25, 0.3) is 0 Å². The molecule has 1 saturated heterocycles. The molecule has 2 fully saturated rings. The lowest BCUT2D eigenvalue weighted by Crippen LogP contribution is -2.74. The molecule has 396 valence electrons. The van der Waals surface area contributed by atoms with Crippen LogP contribution in [0.4, 0.5) is 5.13 Å². The highest BCUT2D eigenvalue weighted by atomic mass is 35.5. The smallest absolute Gasteiger partial charge is 0.356 e. The first-order valence-electron chi connectivity index (χ1n) is 25.8. The van der Waals surface area contributed by atoms with Crippen LogP contribution in [0.3, 0.4) is 0 Å². The second kappa shape index (κ2) is 23.2. The predicted molar refractivity (Wildman–Crippen MR) is 304 cm³/mol. The maximum absolute atomic E-state index is 15.1. The van der Waals surface area contributed by atoms with Crippen LogP contribution < -0.4 is 10.6 Å². The highest BCUT2D eigenvalue weighted by Gasteiger charge is 2.58. The number of esters is 2. The third kappa shape index (κ3) is 10.5. The number of carbonyl (C=O) groups excluding carboxylic acids is 4. The Kier molecular flexibility index (Phi) is 15.4. The Morgan fingerprint density at radius 3 is 1.56 bits per heavy atom. The van der Waals surface area contributed by atoms with Gasteiger partial charge in [-0.15, -0.1) is 22.9 Å². The number of alkyl halides is 1. The van der Waals surface area contributed by atoms with E-state index in [2.05, 4.69) is 15.8 Å². The van der Waals surface area contributed by atoms with Crippen LogP contribution in [0.2, 0.25) is 0 Å². The van der Waals surface area contributed by atoms with Crippen molar-refractivity contribution in [1.82, 2.24) is 15.2 Å². The van der Waals surface area contributed by atoms with Crippen molar-refractivity contribution in [3.8, 4) is 0 Å². The minimum atomic E-state index is -1.84. The number of oxime groups is 1. The lowest BCUT2D eigenvalue weighted by Gasteiger charge is -2.49. The highest BCUT2D eigenvalue weighted by molar-refractivity contribution is 7.86. The lowest BCUT2D eigenvalue weighted by molar-refractivity contribution is -0.189. The predicted octanol–water partition coefficient (Wildman–Crippen LogP) is 10.8. The average molecular weight is 1110 g/mol. The fraction of sp³-hybridized carbons (Fsp3) is 0.175. The Labute approximate surface area is 468 Å². The number of hydrogen-bond donors (Lipinski definition) is 2. The molecule has 1 saturated carbocycles. The number of β-lactam (4-membered cyclic amide) rings is 1. The van der Waals surface area contributed by atoms with Gasteiger partial charge in [-0.05, 0) is 50.9 Å². The number of ether oxygens (including phenoxy) is 2. The van der Waals surface area contributed by atoms with Crippen molar-refractivity contribution < 1.29 is 37.7 Å². The van der Waals surface area contributed by atoms with Gasteiger partial charge >= 0.3 is 11.9 Å². The van der Waals surface area contributed by atoms with E-state index in [4.69, 9.17) is 30.9 Å². The maximum atomic E-state index is 15.1. The minimum absolute atomic E-state index is 0.0530. The molecule has 1 aliphatic carbocycles. The standard InChI is InChI=1S/C63H52ClN5O8S2/c64-39-46-41-79(74)58-52(57(71)69(58)53(46)59(72)75-54(42-23-8-1-9-24-42)43-25-10-2-11-26-43)66-56(70)51(68-77-62(37-22-38-62)60(73)76-55(44-27-12-3-13-28-44)45-29-14-4-15-30-45)50-40-78-61(65-50)67-63(47-31-16-5-17-32-47,48-33-18-6-19-34-48)49-35-20-7-21-36-49/h1-21,23-36,40,52,54-55,58H,22,37-39,41H2,(H,65,67)(H,66,70)/b68-51-/t52?,58-,79?/m1/s1. The highest BCUT2D eigenvalue weighted by Crippen LogP contribution is 2.43. The summed E-state index contributed by atoms with van der Waals surface area (Å²) in [6.45, 7) is 0. The van der Waals surface area contributed by atoms with Crippen molar-refractivity contribution >= 4 is 68.3 Å². The Morgan fingerprint density at radius 1 is 0.684 bits per heavy atom. The average Bonchev–Trinajstić information content (AvgIpc) is 3.98. The van der Waals surface area contributed by atoms with Gasteiger partial charge in [0.15, 0.2) is 23.1 Å². The molecule has 11 rings (SSSR count). The fourth-order valence-electron chi connectivity index (χ4n) is 10.2. The van der Waals surface area contributed by atoms with E-state index in [1.165, 1.54) is 11.3 Å². The molecule has 2 aliphatic heterocycles. The van der Waals surface area contributed by atoms with E-state index in [-0.39, 0.29) is 47.2 Å². The van der Waals surface area contributed by atoms with Crippen molar-refractivity contribution in [2.75, 3.05) is 16.9 Å². The zero-order chi connectivity index (χ0) is 54.3. The van der Waals surface area contributed by atoms with Gasteiger partial charge in [-0.2, -0.15) is 0 Å². The van der Waals surface area contributed by atoms with Crippen LogP contribution in [0.5, 0.6) is 0 Å². The van der Waals surface area contributed by atoms with Crippen molar-refractivity contribution in [2.45, 2.75) is 54.0 Å². The summed E-state index contributed by atoms with van der Waals surface area (Å²) in [6.07, 6.45) is -0.558. The normalized spacial score (nSPS) is 17.7. The monoisotopic (exact) mass is 1110 g/mol. The van der Waals surface area contributed by atoms with Gasteiger partial charge in [-0.25, -0.2) is 14.6 Å². The first-order valence-corrected chi connectivity index (χ1v) is 28.5. The van der Waals surface area contributed by atoms with Crippen molar-refractivity contribution in [3.63, 3.8) is 0 Å². The van der Waals surface area contributed by atoms with Gasteiger partial charge < -0.3 is 24.9 Å². The van der Waals surface area contributed by atoms with E-state index in [9.17, 15) is 18.6 Å². The molecule has 3 atom stereocenters. The van der Waals surface area contributed by atoms with E-state index < -0.39 is 69.3 Å². The molecule has 0 spiro atoms. The van der Waals surface area contributed by atoms with Crippen LogP contribution in [0, 0.1) is 0 Å². The van der Waals surface area contributed by atoms with Crippen LogP contribution in [0.1, 0.15) is 76.1 Å². The molecule has 2 amide bonds. The molecule has 13 nitrogen and oxygen atoms in total. The molecule has 0 radical (unpaired) electrons. The summed E-state index contributed by atoms with van der Waals surface area (Å²) in [5.74, 6) is -3.52. The van der Waals surface area contributed by atoms with Crippen molar-refractivity contribution in [3.05, 3.63) is 274 Å². The van der Waals surface area contributed by atoms with Crippen LogP contribution in [0.15, 0.2) is 234 Å². The molecule has 8 aromatic rings. The van der Waals surface area contributed by atoms with Gasteiger partial charge in [0.05, 0.1) is 16.6 Å². The van der Waals surface area contributed by atoms with Gasteiger partial charge in [0.2, 0.25) is 5.60 Å². The van der Waals surface area contributed by atoms with E-state index in [1.807, 2.05) is 212 Å². The van der Waals surface area contributed by atoms with Gasteiger partial charge in [0.1, 0.15) is 28.3 Å². The fourth-order valence-corrected chi connectivity index (χ4v) is 13.0. The molecule has 1 aromatic heterocycles. The zero-order valence-electron chi connectivity index (χ0n) is 42.4. The summed E-state index contributed by atoms with van der Waals surface area (Å²) in [4.78, 5) is 71.0. The molecule has 3 aliphatic rings. The zero-order valence-corrected chi connectivity index (χ0v) is 44.8. The number of rotatable bonds is 19. The topological polar surface area (TPSA) is 166 Å². The number of anilines is 1. The number of benzene rings is 7. The van der Waals surface area contributed by atoms with E-state index in [0.29, 0.717) is 22.7 Å². The van der Waals surface area contributed by atoms with Gasteiger partial charge in [0.25, 0.3) is 11.8 Å². The number of nitrogens with one attached hydrogen (secondary N) is 2.